The number of hydrogen-bond acceptors (Lipinski definition) is 2. The average molecular weight is 234 g/mol. The maximum atomic E-state index is 5.33. The topological polar surface area (TPSA) is 67.6 Å². The third kappa shape index (κ3) is 3.66. The summed E-state index contributed by atoms with van der Waals surface area (Å²) in [5.74, 6) is 0.155. The molecular weight excluding hydrogens is 212 g/mol. The molecule has 0 aliphatic heterocycles. The van der Waals surface area contributed by atoms with Crippen LogP contribution >= 0.6 is 0 Å². The minimum atomic E-state index is 0.155. The van der Waals surface area contributed by atoms with E-state index in [1.54, 1.807) is 0 Å². The lowest BCUT2D eigenvalue weighted by Gasteiger charge is -2.26. The second kappa shape index (κ2) is 6.13. The summed E-state index contributed by atoms with van der Waals surface area (Å²) in [6, 6.07) is 6.34. The van der Waals surface area contributed by atoms with Gasteiger partial charge in [0.05, 0.1) is 6.54 Å². The summed E-state index contributed by atoms with van der Waals surface area (Å²) in [6.45, 7) is 8.81. The highest BCUT2D eigenvalue weighted by atomic mass is 15.1. The Morgan fingerprint density at radius 1 is 1.24 bits per heavy atom. The number of guanidine groups is 1. The first kappa shape index (κ1) is 13.4. The Bertz CT molecular complexity index is 374. The van der Waals surface area contributed by atoms with Gasteiger partial charge in [-0.1, -0.05) is 18.2 Å². The van der Waals surface area contributed by atoms with Crippen molar-refractivity contribution in [3.8, 4) is 0 Å². The van der Waals surface area contributed by atoms with Crippen molar-refractivity contribution in [2.75, 3.05) is 24.5 Å². The number of rotatable bonds is 5. The Hall–Kier alpha value is -1.71. The molecule has 1 aromatic carbocycles. The fraction of sp³-hybridized carbons (Fsp3) is 0.462. The maximum absolute atomic E-state index is 5.33. The molecule has 17 heavy (non-hydrogen) atoms. The average Bonchev–Trinajstić information content (AvgIpc) is 2.26. The van der Waals surface area contributed by atoms with Gasteiger partial charge >= 0.3 is 0 Å². The molecule has 0 bridgehead atoms. The number of benzene rings is 1. The van der Waals surface area contributed by atoms with Crippen LogP contribution in [0, 0.1) is 13.8 Å². The second-order valence-electron chi connectivity index (χ2n) is 4.13. The maximum Gasteiger partial charge on any atom is 0.185 e. The molecule has 4 N–H and O–H groups in total. The molecule has 0 saturated heterocycles. The van der Waals surface area contributed by atoms with Gasteiger partial charge in [-0.2, -0.15) is 0 Å². The van der Waals surface area contributed by atoms with Crippen LogP contribution in [0.2, 0.25) is 0 Å². The summed E-state index contributed by atoms with van der Waals surface area (Å²) in [5, 5.41) is 0. The van der Waals surface area contributed by atoms with Crippen LogP contribution in [-0.4, -0.2) is 25.6 Å². The van der Waals surface area contributed by atoms with E-state index < -0.39 is 0 Å². The molecule has 0 radical (unpaired) electrons. The highest BCUT2D eigenvalue weighted by molar-refractivity contribution is 5.75. The summed E-state index contributed by atoms with van der Waals surface area (Å²) >= 11 is 0. The largest absolute Gasteiger partial charge is 0.370 e. The number of hydrogen-bond donors (Lipinski definition) is 2. The number of aliphatic imine (C=N–C) groups is 1. The van der Waals surface area contributed by atoms with Gasteiger partial charge in [-0.3, -0.25) is 4.99 Å². The van der Waals surface area contributed by atoms with Crippen molar-refractivity contribution in [1.29, 1.82) is 0 Å². The Kier molecular flexibility index (Phi) is 4.82. The van der Waals surface area contributed by atoms with E-state index in [-0.39, 0.29) is 5.96 Å². The lowest BCUT2D eigenvalue weighted by Crippen LogP contribution is -2.29. The van der Waals surface area contributed by atoms with Gasteiger partial charge < -0.3 is 16.4 Å². The van der Waals surface area contributed by atoms with E-state index in [2.05, 4.69) is 48.9 Å². The van der Waals surface area contributed by atoms with Crippen LogP contribution in [0.25, 0.3) is 0 Å². The molecule has 0 unspecified atom stereocenters. The fourth-order valence-corrected chi connectivity index (χ4v) is 2.03. The lowest BCUT2D eigenvalue weighted by molar-refractivity contribution is 0.809. The molecule has 0 amide bonds. The number of nitrogens with zero attached hydrogens (tertiary/aromatic N) is 2. The van der Waals surface area contributed by atoms with Gasteiger partial charge in [0.2, 0.25) is 0 Å². The zero-order valence-electron chi connectivity index (χ0n) is 10.9. The quantitative estimate of drug-likeness (QED) is 0.598. The molecular formula is C13H22N4. The first-order valence-corrected chi connectivity index (χ1v) is 5.92. The minimum absolute atomic E-state index is 0.155. The van der Waals surface area contributed by atoms with Crippen molar-refractivity contribution in [1.82, 2.24) is 0 Å². The number of para-hydroxylation sites is 1. The monoisotopic (exact) mass is 234 g/mol. The van der Waals surface area contributed by atoms with Gasteiger partial charge in [0, 0.05) is 18.8 Å². The first-order chi connectivity index (χ1) is 8.06. The Morgan fingerprint density at radius 2 is 1.82 bits per heavy atom. The van der Waals surface area contributed by atoms with E-state index in [4.69, 9.17) is 11.5 Å². The molecule has 94 valence electrons. The normalized spacial score (nSPS) is 10.1. The predicted octanol–water partition coefficient (Wildman–Crippen LogP) is 1.40. The summed E-state index contributed by atoms with van der Waals surface area (Å²) < 4.78 is 0. The van der Waals surface area contributed by atoms with Crippen LogP contribution in [0.1, 0.15) is 18.1 Å². The van der Waals surface area contributed by atoms with Crippen molar-refractivity contribution in [3.05, 3.63) is 29.3 Å². The molecule has 0 aliphatic carbocycles. The fourth-order valence-electron chi connectivity index (χ4n) is 2.03. The van der Waals surface area contributed by atoms with E-state index in [1.165, 1.54) is 16.8 Å². The minimum Gasteiger partial charge on any atom is -0.370 e. The SMILES string of the molecule is CCN(CCN=C(N)N)c1c(C)cccc1C. The molecule has 0 aliphatic rings. The van der Waals surface area contributed by atoms with E-state index in [9.17, 15) is 0 Å². The van der Waals surface area contributed by atoms with E-state index >= 15 is 0 Å². The molecule has 0 fully saturated rings. The van der Waals surface area contributed by atoms with Gasteiger partial charge in [-0.05, 0) is 31.9 Å². The van der Waals surface area contributed by atoms with E-state index in [0.717, 1.165) is 13.1 Å². The van der Waals surface area contributed by atoms with E-state index in [1.807, 2.05) is 0 Å². The molecule has 1 rings (SSSR count). The van der Waals surface area contributed by atoms with Gasteiger partial charge in [0.1, 0.15) is 0 Å². The third-order valence-corrected chi connectivity index (χ3v) is 2.80. The first-order valence-electron chi connectivity index (χ1n) is 5.92. The molecule has 1 aromatic rings. The lowest BCUT2D eigenvalue weighted by atomic mass is 10.1. The van der Waals surface area contributed by atoms with Gasteiger partial charge in [-0.15, -0.1) is 0 Å². The van der Waals surface area contributed by atoms with Crippen molar-refractivity contribution >= 4 is 11.6 Å². The molecule has 0 atom stereocenters. The Labute approximate surface area is 103 Å². The summed E-state index contributed by atoms with van der Waals surface area (Å²) in [5.41, 5.74) is 14.5. The Morgan fingerprint density at radius 3 is 2.29 bits per heavy atom. The molecule has 0 aromatic heterocycles. The number of likely N-dealkylation sites (N-methyl/N-ethyl adjacent to an activating group) is 1. The highest BCUT2D eigenvalue weighted by Crippen LogP contribution is 2.23. The van der Waals surface area contributed by atoms with Crippen molar-refractivity contribution in [3.63, 3.8) is 0 Å². The number of nitrogens with two attached hydrogens (primary N) is 2. The third-order valence-electron chi connectivity index (χ3n) is 2.80. The van der Waals surface area contributed by atoms with Crippen LogP contribution in [0.4, 0.5) is 5.69 Å². The smallest absolute Gasteiger partial charge is 0.185 e. The molecule has 4 heteroatoms. The van der Waals surface area contributed by atoms with Crippen molar-refractivity contribution in [2.24, 2.45) is 16.5 Å². The molecule has 0 spiro atoms. The predicted molar refractivity (Wildman–Crippen MR) is 74.5 cm³/mol. The van der Waals surface area contributed by atoms with Crippen LogP contribution in [0.5, 0.6) is 0 Å². The molecule has 0 heterocycles. The van der Waals surface area contributed by atoms with E-state index in [0.29, 0.717) is 6.54 Å². The van der Waals surface area contributed by atoms with Gasteiger partial charge in [0.25, 0.3) is 0 Å². The molecule has 0 saturated carbocycles. The van der Waals surface area contributed by atoms with Crippen molar-refractivity contribution in [2.45, 2.75) is 20.8 Å². The van der Waals surface area contributed by atoms with Crippen LogP contribution in [0.3, 0.4) is 0 Å². The van der Waals surface area contributed by atoms with Gasteiger partial charge in [-0.25, -0.2) is 0 Å². The summed E-state index contributed by atoms with van der Waals surface area (Å²) in [4.78, 5) is 6.33. The summed E-state index contributed by atoms with van der Waals surface area (Å²) in [7, 11) is 0. The number of anilines is 1. The highest BCUT2D eigenvalue weighted by Gasteiger charge is 2.09. The molecule has 4 nitrogen and oxygen atoms in total. The zero-order valence-corrected chi connectivity index (χ0v) is 10.9. The van der Waals surface area contributed by atoms with Crippen LogP contribution in [0.15, 0.2) is 23.2 Å². The van der Waals surface area contributed by atoms with Crippen LogP contribution in [-0.2, 0) is 0 Å². The summed E-state index contributed by atoms with van der Waals surface area (Å²) in [6.07, 6.45) is 0. The number of aryl methyl sites for hydroxylation is 2. The van der Waals surface area contributed by atoms with Crippen LogP contribution < -0.4 is 16.4 Å². The Balaban J connectivity index is 2.83. The van der Waals surface area contributed by atoms with Gasteiger partial charge in [0.15, 0.2) is 5.96 Å². The second-order valence-corrected chi connectivity index (χ2v) is 4.13. The zero-order chi connectivity index (χ0) is 12.8. The van der Waals surface area contributed by atoms with Crippen molar-refractivity contribution < 1.29 is 0 Å². The standard InChI is InChI=1S/C13H22N4/c1-4-17(9-8-16-13(14)15)12-10(2)6-5-7-11(12)3/h5-7H,4,8-9H2,1-3H3,(H4,14,15,16).